The summed E-state index contributed by atoms with van der Waals surface area (Å²) >= 11 is 0. The number of benzene rings is 1. The predicted molar refractivity (Wildman–Crippen MR) is 69.9 cm³/mol. The third-order valence-corrected chi connectivity index (χ3v) is 3.90. The molecule has 1 nitrogen and oxygen atoms in total. The summed E-state index contributed by atoms with van der Waals surface area (Å²) in [6.45, 7) is 5.60. The molecule has 0 heterocycles. The van der Waals surface area contributed by atoms with Gasteiger partial charge in [0, 0.05) is 0 Å². The Morgan fingerprint density at radius 1 is 1.25 bits per heavy atom. The molecular formula is C15H23N. The van der Waals surface area contributed by atoms with Gasteiger partial charge in [-0.25, -0.2) is 0 Å². The van der Waals surface area contributed by atoms with Crippen LogP contribution in [0, 0.1) is 19.8 Å². The van der Waals surface area contributed by atoms with Crippen LogP contribution in [0.1, 0.15) is 41.9 Å². The van der Waals surface area contributed by atoms with E-state index >= 15 is 0 Å². The van der Waals surface area contributed by atoms with Crippen molar-refractivity contribution in [3.05, 3.63) is 34.9 Å². The summed E-state index contributed by atoms with van der Waals surface area (Å²) < 4.78 is 0. The van der Waals surface area contributed by atoms with Gasteiger partial charge < -0.3 is 5.32 Å². The first-order valence-corrected chi connectivity index (χ1v) is 6.42. The van der Waals surface area contributed by atoms with Crippen molar-refractivity contribution in [2.75, 3.05) is 13.6 Å². The van der Waals surface area contributed by atoms with E-state index in [1.807, 2.05) is 7.05 Å². The molecule has 0 aliphatic heterocycles. The monoisotopic (exact) mass is 217 g/mol. The van der Waals surface area contributed by atoms with Gasteiger partial charge in [-0.3, -0.25) is 0 Å². The second kappa shape index (κ2) is 5.01. The highest BCUT2D eigenvalue weighted by Gasteiger charge is 2.30. The number of rotatable bonds is 4. The van der Waals surface area contributed by atoms with Gasteiger partial charge >= 0.3 is 0 Å². The molecule has 16 heavy (non-hydrogen) atoms. The van der Waals surface area contributed by atoms with Crippen molar-refractivity contribution in [1.82, 2.24) is 5.32 Å². The van der Waals surface area contributed by atoms with Gasteiger partial charge in [0.2, 0.25) is 0 Å². The molecule has 0 saturated heterocycles. The second-order valence-electron chi connectivity index (χ2n) is 5.29. The Morgan fingerprint density at radius 3 is 2.62 bits per heavy atom. The summed E-state index contributed by atoms with van der Waals surface area (Å²) in [6.07, 6.45) is 4.13. The van der Waals surface area contributed by atoms with Crippen molar-refractivity contribution in [2.24, 2.45) is 5.92 Å². The van der Waals surface area contributed by atoms with E-state index in [0.29, 0.717) is 0 Å². The molecule has 2 rings (SSSR count). The molecule has 1 aromatic carbocycles. The zero-order valence-electron chi connectivity index (χ0n) is 10.7. The molecule has 0 bridgehead atoms. The van der Waals surface area contributed by atoms with Crippen LogP contribution in [0.3, 0.4) is 0 Å². The van der Waals surface area contributed by atoms with Crippen LogP contribution in [0.2, 0.25) is 0 Å². The molecule has 0 unspecified atom stereocenters. The van der Waals surface area contributed by atoms with E-state index in [1.54, 1.807) is 5.56 Å². The van der Waals surface area contributed by atoms with Crippen molar-refractivity contribution in [3.8, 4) is 0 Å². The minimum atomic E-state index is 0.836. The molecule has 1 heteroatoms. The molecule has 0 amide bonds. The Morgan fingerprint density at radius 2 is 2.00 bits per heavy atom. The normalized spacial score (nSPS) is 24.2. The molecule has 1 saturated carbocycles. The van der Waals surface area contributed by atoms with E-state index < -0.39 is 0 Å². The highest BCUT2D eigenvalue weighted by Crippen LogP contribution is 2.44. The third kappa shape index (κ3) is 2.46. The molecule has 1 aromatic rings. The van der Waals surface area contributed by atoms with Crippen molar-refractivity contribution in [3.63, 3.8) is 0 Å². The Bertz CT molecular complexity index is 350. The van der Waals surface area contributed by atoms with Gasteiger partial charge in [0.05, 0.1) is 0 Å². The van der Waals surface area contributed by atoms with Crippen molar-refractivity contribution in [1.29, 1.82) is 0 Å². The van der Waals surface area contributed by atoms with Crippen molar-refractivity contribution in [2.45, 2.75) is 39.0 Å². The molecule has 0 atom stereocenters. The van der Waals surface area contributed by atoms with Gasteiger partial charge in [-0.1, -0.05) is 23.8 Å². The van der Waals surface area contributed by atoms with Gasteiger partial charge in [-0.2, -0.15) is 0 Å². The maximum absolute atomic E-state index is 3.24. The molecule has 0 radical (unpaired) electrons. The quantitative estimate of drug-likeness (QED) is 0.815. The SMILES string of the molecule is CNCCC1CC(c2ccc(C)cc2C)C1. The fourth-order valence-corrected chi connectivity index (χ4v) is 2.86. The van der Waals surface area contributed by atoms with Gasteiger partial charge in [-0.15, -0.1) is 0 Å². The van der Waals surface area contributed by atoms with Crippen molar-refractivity contribution < 1.29 is 0 Å². The van der Waals surface area contributed by atoms with Crippen LogP contribution in [-0.2, 0) is 0 Å². The van der Waals surface area contributed by atoms with Crippen molar-refractivity contribution >= 4 is 0 Å². The number of hydrogen-bond donors (Lipinski definition) is 1. The maximum atomic E-state index is 3.24. The van der Waals surface area contributed by atoms with Crippen LogP contribution in [0.15, 0.2) is 18.2 Å². The number of nitrogens with one attached hydrogen (secondary N) is 1. The predicted octanol–water partition coefficient (Wildman–Crippen LogP) is 3.41. The van der Waals surface area contributed by atoms with Gasteiger partial charge in [0.25, 0.3) is 0 Å². The average Bonchev–Trinajstić information content (AvgIpc) is 2.18. The van der Waals surface area contributed by atoms with Gasteiger partial charge in [0.1, 0.15) is 0 Å². The Kier molecular flexibility index (Phi) is 3.65. The smallest absolute Gasteiger partial charge is 0.00493 e. The molecule has 1 aliphatic carbocycles. The first-order valence-electron chi connectivity index (χ1n) is 6.42. The minimum Gasteiger partial charge on any atom is -0.320 e. The van der Waals surface area contributed by atoms with Crippen LogP contribution in [0.25, 0.3) is 0 Å². The highest BCUT2D eigenvalue weighted by atomic mass is 14.8. The summed E-state index contributed by atoms with van der Waals surface area (Å²) in [4.78, 5) is 0. The summed E-state index contributed by atoms with van der Waals surface area (Å²) in [5.41, 5.74) is 4.45. The van der Waals surface area contributed by atoms with E-state index in [4.69, 9.17) is 0 Å². The first-order chi connectivity index (χ1) is 7.70. The molecular weight excluding hydrogens is 194 g/mol. The van der Waals surface area contributed by atoms with E-state index in [9.17, 15) is 0 Å². The van der Waals surface area contributed by atoms with Crippen LogP contribution >= 0.6 is 0 Å². The molecule has 1 aliphatic rings. The second-order valence-corrected chi connectivity index (χ2v) is 5.29. The lowest BCUT2D eigenvalue weighted by atomic mass is 9.69. The zero-order valence-corrected chi connectivity index (χ0v) is 10.7. The topological polar surface area (TPSA) is 12.0 Å². The summed E-state index contributed by atoms with van der Waals surface area (Å²) in [5, 5.41) is 3.24. The largest absolute Gasteiger partial charge is 0.320 e. The van der Waals surface area contributed by atoms with E-state index in [-0.39, 0.29) is 0 Å². The summed E-state index contributed by atoms with van der Waals surface area (Å²) in [5.74, 6) is 1.79. The molecule has 0 spiro atoms. The maximum Gasteiger partial charge on any atom is -0.00493 e. The molecule has 1 N–H and O–H groups in total. The fraction of sp³-hybridized carbons (Fsp3) is 0.600. The average molecular weight is 217 g/mol. The Hall–Kier alpha value is -0.820. The van der Waals surface area contributed by atoms with Crippen LogP contribution in [0.5, 0.6) is 0 Å². The van der Waals surface area contributed by atoms with Crippen LogP contribution in [-0.4, -0.2) is 13.6 Å². The first kappa shape index (κ1) is 11.7. The van der Waals surface area contributed by atoms with E-state index in [2.05, 4.69) is 37.4 Å². The lowest BCUT2D eigenvalue weighted by Gasteiger charge is -2.36. The molecule has 88 valence electrons. The van der Waals surface area contributed by atoms with Crippen LogP contribution < -0.4 is 5.32 Å². The standard InChI is InChI=1S/C15H23N/c1-11-4-5-15(12(2)8-11)14-9-13(10-14)6-7-16-3/h4-5,8,13-14,16H,6-7,9-10H2,1-3H3. The van der Waals surface area contributed by atoms with Gasteiger partial charge in [0.15, 0.2) is 0 Å². The van der Waals surface area contributed by atoms with E-state index in [0.717, 1.165) is 11.8 Å². The Labute approximate surface area is 99.3 Å². The molecule has 0 aromatic heterocycles. The summed E-state index contributed by atoms with van der Waals surface area (Å²) in [6, 6.07) is 6.91. The zero-order chi connectivity index (χ0) is 11.5. The highest BCUT2D eigenvalue weighted by molar-refractivity contribution is 5.34. The fourth-order valence-electron chi connectivity index (χ4n) is 2.86. The van der Waals surface area contributed by atoms with Gasteiger partial charge in [-0.05, 0) is 69.7 Å². The van der Waals surface area contributed by atoms with Crippen LogP contribution in [0.4, 0.5) is 0 Å². The number of aryl methyl sites for hydroxylation is 2. The summed E-state index contributed by atoms with van der Waals surface area (Å²) in [7, 11) is 2.04. The lowest BCUT2D eigenvalue weighted by Crippen LogP contribution is -2.25. The van der Waals surface area contributed by atoms with E-state index in [1.165, 1.54) is 36.9 Å². The number of hydrogen-bond acceptors (Lipinski definition) is 1. The minimum absolute atomic E-state index is 0.836. The molecule has 1 fully saturated rings. The Balaban J connectivity index is 1.91. The third-order valence-electron chi connectivity index (χ3n) is 3.90. The lowest BCUT2D eigenvalue weighted by molar-refractivity contribution is 0.247.